The Bertz CT molecular complexity index is 1000. The fourth-order valence-electron chi connectivity index (χ4n) is 3.84. The topological polar surface area (TPSA) is 38.3 Å². The number of hydrogen-bond donors (Lipinski definition) is 1. The van der Waals surface area contributed by atoms with Gasteiger partial charge in [-0.3, -0.25) is 4.79 Å². The van der Waals surface area contributed by atoms with Crippen LogP contribution in [0.15, 0.2) is 72.8 Å². The second kappa shape index (κ2) is 8.71. The summed E-state index contributed by atoms with van der Waals surface area (Å²) in [6.07, 6.45) is 2.45. The summed E-state index contributed by atoms with van der Waals surface area (Å²) in [4.78, 5) is 12.7. The van der Waals surface area contributed by atoms with Gasteiger partial charge in [-0.25, -0.2) is 0 Å². The molecule has 4 heteroatoms. The van der Waals surface area contributed by atoms with E-state index in [0.717, 1.165) is 30.4 Å². The molecule has 0 saturated heterocycles. The molecule has 0 unspecified atom stereocenters. The van der Waals surface area contributed by atoms with Crippen LogP contribution in [-0.2, 0) is 11.2 Å². The third-order valence-corrected chi connectivity index (χ3v) is 5.69. The van der Waals surface area contributed by atoms with Crippen molar-refractivity contribution in [3.63, 3.8) is 0 Å². The van der Waals surface area contributed by atoms with Crippen molar-refractivity contribution in [2.45, 2.75) is 38.3 Å². The summed E-state index contributed by atoms with van der Waals surface area (Å²) in [5.41, 5.74) is 4.63. The Morgan fingerprint density at radius 2 is 1.79 bits per heavy atom. The third kappa shape index (κ3) is 4.46. The molecule has 1 amide bonds. The van der Waals surface area contributed by atoms with Crippen LogP contribution in [0.25, 0.3) is 11.1 Å². The molecule has 3 aromatic rings. The lowest BCUT2D eigenvalue weighted by atomic mass is 9.87. The first kappa shape index (κ1) is 19.5. The first-order valence-electron chi connectivity index (χ1n) is 10.0. The zero-order chi connectivity index (χ0) is 20.2. The molecule has 0 radical (unpaired) electrons. The Kier molecular flexibility index (Phi) is 5.86. The number of hydrogen-bond acceptors (Lipinski definition) is 2. The Morgan fingerprint density at radius 3 is 2.59 bits per heavy atom. The molecule has 0 aromatic heterocycles. The summed E-state index contributed by atoms with van der Waals surface area (Å²) in [6.45, 7) is 1.76. The van der Waals surface area contributed by atoms with Crippen LogP contribution in [0, 0.1) is 0 Å². The summed E-state index contributed by atoms with van der Waals surface area (Å²) < 4.78 is 5.88. The molecule has 0 aliphatic heterocycles. The summed E-state index contributed by atoms with van der Waals surface area (Å²) in [7, 11) is 0. The lowest BCUT2D eigenvalue weighted by Gasteiger charge is -2.27. The Balaban J connectivity index is 1.43. The van der Waals surface area contributed by atoms with Crippen LogP contribution in [-0.4, -0.2) is 12.0 Å². The van der Waals surface area contributed by atoms with Crippen molar-refractivity contribution >= 4 is 17.5 Å². The van der Waals surface area contributed by atoms with Gasteiger partial charge < -0.3 is 10.1 Å². The lowest BCUT2D eigenvalue weighted by Crippen LogP contribution is -2.39. The number of aryl methyl sites for hydroxylation is 1. The second-order valence-electron chi connectivity index (χ2n) is 7.42. The predicted molar refractivity (Wildman–Crippen MR) is 117 cm³/mol. The number of nitrogens with one attached hydrogen (secondary N) is 1. The smallest absolute Gasteiger partial charge is 0.261 e. The number of carbonyl (C=O) groups is 1. The number of amides is 1. The molecule has 0 heterocycles. The van der Waals surface area contributed by atoms with Gasteiger partial charge in [0.05, 0.1) is 11.1 Å². The van der Waals surface area contributed by atoms with Crippen molar-refractivity contribution in [1.82, 2.24) is 5.32 Å². The van der Waals surface area contributed by atoms with Gasteiger partial charge in [0, 0.05) is 0 Å². The normalized spacial score (nSPS) is 16.6. The summed E-state index contributed by atoms with van der Waals surface area (Å²) in [5, 5.41) is 3.64. The molecule has 0 fully saturated rings. The number of carbonyl (C=O) groups excluding carboxylic acids is 1. The van der Waals surface area contributed by atoms with E-state index in [0.29, 0.717) is 10.8 Å². The molecule has 148 valence electrons. The van der Waals surface area contributed by atoms with Gasteiger partial charge in [0.15, 0.2) is 6.10 Å². The average molecular weight is 406 g/mol. The highest BCUT2D eigenvalue weighted by Crippen LogP contribution is 2.32. The zero-order valence-corrected chi connectivity index (χ0v) is 17.2. The SMILES string of the molecule is C[C@H](Oc1ccc(-c2ccccc2)cc1Cl)C(=O)N[C@H]1CCCc2ccccc21. The van der Waals surface area contributed by atoms with E-state index in [1.165, 1.54) is 11.1 Å². The van der Waals surface area contributed by atoms with Crippen molar-refractivity contribution in [3.05, 3.63) is 88.9 Å². The van der Waals surface area contributed by atoms with Crippen molar-refractivity contribution < 1.29 is 9.53 Å². The molecule has 29 heavy (non-hydrogen) atoms. The van der Waals surface area contributed by atoms with Crippen molar-refractivity contribution in [2.75, 3.05) is 0 Å². The van der Waals surface area contributed by atoms with Crippen molar-refractivity contribution in [3.8, 4) is 16.9 Å². The Labute approximate surface area is 176 Å². The van der Waals surface area contributed by atoms with E-state index in [9.17, 15) is 4.79 Å². The minimum Gasteiger partial charge on any atom is -0.479 e. The molecule has 1 aliphatic carbocycles. The van der Waals surface area contributed by atoms with Gasteiger partial charge in [-0.2, -0.15) is 0 Å². The number of rotatable bonds is 5. The predicted octanol–water partition coefficient (Wildman–Crippen LogP) is 5.97. The maximum absolute atomic E-state index is 12.7. The first-order chi connectivity index (χ1) is 14.1. The van der Waals surface area contributed by atoms with Crippen LogP contribution in [0.5, 0.6) is 5.75 Å². The molecule has 2 atom stereocenters. The highest BCUT2D eigenvalue weighted by Gasteiger charge is 2.24. The van der Waals surface area contributed by atoms with Crippen molar-refractivity contribution in [2.24, 2.45) is 0 Å². The fraction of sp³-hybridized carbons (Fsp3) is 0.240. The van der Waals surface area contributed by atoms with Gasteiger partial charge in [-0.1, -0.05) is 72.3 Å². The van der Waals surface area contributed by atoms with Crippen LogP contribution in [0.3, 0.4) is 0 Å². The highest BCUT2D eigenvalue weighted by atomic mass is 35.5. The summed E-state index contributed by atoms with van der Waals surface area (Å²) >= 11 is 6.43. The maximum Gasteiger partial charge on any atom is 0.261 e. The van der Waals surface area contributed by atoms with Crippen LogP contribution in [0.2, 0.25) is 5.02 Å². The van der Waals surface area contributed by atoms with Crippen LogP contribution < -0.4 is 10.1 Å². The number of benzene rings is 3. The molecule has 1 aliphatic rings. The molecule has 0 spiro atoms. The van der Waals surface area contributed by atoms with Gasteiger partial charge in [-0.15, -0.1) is 0 Å². The summed E-state index contributed by atoms with van der Waals surface area (Å²) in [5.74, 6) is 0.382. The van der Waals surface area contributed by atoms with E-state index in [-0.39, 0.29) is 11.9 Å². The van der Waals surface area contributed by atoms with Gasteiger partial charge in [-0.05, 0) is 60.6 Å². The largest absolute Gasteiger partial charge is 0.479 e. The monoisotopic (exact) mass is 405 g/mol. The zero-order valence-electron chi connectivity index (χ0n) is 16.4. The molecule has 1 N–H and O–H groups in total. The lowest BCUT2D eigenvalue weighted by molar-refractivity contribution is -0.128. The minimum atomic E-state index is -0.635. The van der Waals surface area contributed by atoms with E-state index in [1.807, 2.05) is 54.6 Å². The van der Waals surface area contributed by atoms with Gasteiger partial charge in [0.1, 0.15) is 5.75 Å². The van der Waals surface area contributed by atoms with Crippen LogP contribution >= 0.6 is 11.6 Å². The number of halogens is 1. The highest BCUT2D eigenvalue weighted by molar-refractivity contribution is 6.32. The van der Waals surface area contributed by atoms with Crippen LogP contribution in [0.4, 0.5) is 0 Å². The molecule has 3 nitrogen and oxygen atoms in total. The Hall–Kier alpha value is -2.78. The summed E-state index contributed by atoms with van der Waals surface area (Å²) in [6, 6.07) is 24.0. The molecule has 3 aromatic carbocycles. The number of fused-ring (bicyclic) bond motifs is 1. The first-order valence-corrected chi connectivity index (χ1v) is 10.4. The van der Waals surface area contributed by atoms with E-state index in [4.69, 9.17) is 16.3 Å². The standard InChI is InChI=1S/C25H24ClNO2/c1-17(25(28)27-23-13-7-11-19-10-5-6-12-21(19)23)29-24-15-14-20(16-22(24)26)18-8-3-2-4-9-18/h2-6,8-10,12,14-17,23H,7,11,13H2,1H3,(H,27,28)/t17-,23-/m0/s1. The fourth-order valence-corrected chi connectivity index (χ4v) is 4.07. The number of ether oxygens (including phenoxy) is 1. The Morgan fingerprint density at radius 1 is 1.03 bits per heavy atom. The van der Waals surface area contributed by atoms with E-state index >= 15 is 0 Å². The van der Waals surface area contributed by atoms with Gasteiger partial charge >= 0.3 is 0 Å². The average Bonchev–Trinajstić information content (AvgIpc) is 2.76. The van der Waals surface area contributed by atoms with E-state index in [1.54, 1.807) is 6.92 Å². The van der Waals surface area contributed by atoms with E-state index in [2.05, 4.69) is 23.5 Å². The maximum atomic E-state index is 12.7. The van der Waals surface area contributed by atoms with Gasteiger partial charge in [0.25, 0.3) is 5.91 Å². The molecular formula is C25H24ClNO2. The minimum absolute atomic E-state index is 0.0365. The molecule has 0 bridgehead atoms. The molecule has 0 saturated carbocycles. The molecule has 4 rings (SSSR count). The second-order valence-corrected chi connectivity index (χ2v) is 7.83. The van der Waals surface area contributed by atoms with Crippen LogP contribution in [0.1, 0.15) is 36.9 Å². The van der Waals surface area contributed by atoms with Gasteiger partial charge in [0.2, 0.25) is 0 Å². The van der Waals surface area contributed by atoms with Crippen molar-refractivity contribution in [1.29, 1.82) is 0 Å². The molecular weight excluding hydrogens is 382 g/mol. The van der Waals surface area contributed by atoms with E-state index < -0.39 is 6.10 Å². The quantitative estimate of drug-likeness (QED) is 0.568. The third-order valence-electron chi connectivity index (χ3n) is 5.40.